The fourth-order valence-corrected chi connectivity index (χ4v) is 2.67. The normalized spacial score (nSPS) is 18.8. The van der Waals surface area contributed by atoms with E-state index in [-0.39, 0.29) is 30.5 Å². The molecule has 25 heavy (non-hydrogen) atoms. The van der Waals surface area contributed by atoms with Gasteiger partial charge in [0.05, 0.1) is 6.61 Å². The topological polar surface area (TPSA) is 66.0 Å². The summed E-state index contributed by atoms with van der Waals surface area (Å²) in [6.45, 7) is 7.12. The number of guanidine groups is 1. The first kappa shape index (κ1) is 19.1. The number of fused-ring (bicyclic) bond motifs is 1. The van der Waals surface area contributed by atoms with Crippen LogP contribution >= 0.6 is 0 Å². The summed E-state index contributed by atoms with van der Waals surface area (Å²) >= 11 is 0. The molecular weight excluding hydrogens is 316 g/mol. The second-order valence-corrected chi connectivity index (χ2v) is 6.79. The quantitative estimate of drug-likeness (QED) is 0.611. The lowest BCUT2D eigenvalue weighted by Gasteiger charge is -2.24. The molecule has 6 heteroatoms. The summed E-state index contributed by atoms with van der Waals surface area (Å²) in [4.78, 5) is 17.9. The summed E-state index contributed by atoms with van der Waals surface area (Å²) in [5, 5.41) is 6.81. The van der Waals surface area contributed by atoms with Crippen molar-refractivity contribution in [3.63, 3.8) is 0 Å². The van der Waals surface area contributed by atoms with Crippen LogP contribution in [0.5, 0.6) is 5.75 Å². The molecule has 0 bridgehead atoms. The van der Waals surface area contributed by atoms with Gasteiger partial charge in [0, 0.05) is 37.7 Å². The Hall–Kier alpha value is -2.24. The second-order valence-electron chi connectivity index (χ2n) is 6.79. The molecule has 0 radical (unpaired) electrons. The van der Waals surface area contributed by atoms with Crippen molar-refractivity contribution in [3.8, 4) is 5.75 Å². The van der Waals surface area contributed by atoms with Crippen molar-refractivity contribution >= 4 is 11.9 Å². The molecule has 1 amide bonds. The monoisotopic (exact) mass is 346 g/mol. The van der Waals surface area contributed by atoms with E-state index >= 15 is 0 Å². The number of carbonyl (C=O) groups is 1. The summed E-state index contributed by atoms with van der Waals surface area (Å²) < 4.78 is 5.78. The van der Waals surface area contributed by atoms with Gasteiger partial charge in [-0.05, 0) is 26.3 Å². The number of amides is 1. The number of para-hydroxylation sites is 1. The van der Waals surface area contributed by atoms with Gasteiger partial charge in [0.2, 0.25) is 5.91 Å². The minimum atomic E-state index is -0.0209. The molecule has 0 spiro atoms. The maximum atomic E-state index is 11.9. The van der Waals surface area contributed by atoms with E-state index in [0.717, 1.165) is 12.2 Å². The van der Waals surface area contributed by atoms with Crippen molar-refractivity contribution in [2.75, 3.05) is 27.2 Å². The number of carbonyl (C=O) groups excluding carboxylic acids is 1. The number of benzene rings is 1. The van der Waals surface area contributed by atoms with E-state index in [2.05, 4.69) is 42.5 Å². The number of hydrogen-bond acceptors (Lipinski definition) is 3. The molecule has 0 saturated heterocycles. The summed E-state index contributed by atoms with van der Waals surface area (Å²) in [5.74, 6) is 1.86. The van der Waals surface area contributed by atoms with E-state index in [0.29, 0.717) is 12.6 Å². The third-order valence-corrected chi connectivity index (χ3v) is 4.57. The Balaban J connectivity index is 2.07. The fraction of sp³-hybridized carbons (Fsp3) is 0.579. The molecule has 6 nitrogen and oxygen atoms in total. The Morgan fingerprint density at radius 3 is 2.72 bits per heavy atom. The Morgan fingerprint density at radius 2 is 2.04 bits per heavy atom. The molecule has 0 saturated carbocycles. The van der Waals surface area contributed by atoms with E-state index in [1.807, 2.05) is 18.2 Å². The first-order chi connectivity index (χ1) is 11.9. The van der Waals surface area contributed by atoms with Crippen LogP contribution < -0.4 is 15.4 Å². The molecule has 1 aliphatic heterocycles. The second kappa shape index (κ2) is 8.74. The molecule has 2 rings (SSSR count). The average molecular weight is 346 g/mol. The summed E-state index contributed by atoms with van der Waals surface area (Å²) in [7, 11) is 3.48. The lowest BCUT2D eigenvalue weighted by atomic mass is 9.94. The van der Waals surface area contributed by atoms with Crippen LogP contribution in [0.4, 0.5) is 0 Å². The zero-order valence-electron chi connectivity index (χ0n) is 15.9. The van der Waals surface area contributed by atoms with Crippen LogP contribution in [0.25, 0.3) is 0 Å². The van der Waals surface area contributed by atoms with Crippen LogP contribution in [0.15, 0.2) is 29.3 Å². The lowest BCUT2D eigenvalue weighted by molar-refractivity contribution is -0.127. The molecule has 138 valence electrons. The molecule has 1 heterocycles. The standard InChI is InChI=1S/C19H30N4O2/c1-6-13(2)21-19(20-11-18(24)23(4)5)22-14(3)16-12-25-17-10-8-7-9-15(16)17/h7-10,13-14,16H,6,11-12H2,1-5H3,(H2,20,21,22). The number of rotatable bonds is 6. The Labute approximate surface area is 150 Å². The molecular formula is C19H30N4O2. The minimum absolute atomic E-state index is 0.0209. The number of hydrogen-bond donors (Lipinski definition) is 2. The van der Waals surface area contributed by atoms with Crippen molar-refractivity contribution in [3.05, 3.63) is 29.8 Å². The van der Waals surface area contributed by atoms with Crippen LogP contribution in [0, 0.1) is 0 Å². The minimum Gasteiger partial charge on any atom is -0.493 e. The molecule has 0 aromatic heterocycles. The van der Waals surface area contributed by atoms with E-state index in [4.69, 9.17) is 4.74 Å². The molecule has 1 aliphatic rings. The van der Waals surface area contributed by atoms with Gasteiger partial charge < -0.3 is 20.3 Å². The van der Waals surface area contributed by atoms with Crippen LogP contribution in [-0.2, 0) is 4.79 Å². The largest absolute Gasteiger partial charge is 0.493 e. The molecule has 2 N–H and O–H groups in total. The van der Waals surface area contributed by atoms with Crippen LogP contribution in [-0.4, -0.2) is 56.1 Å². The zero-order chi connectivity index (χ0) is 18.4. The predicted molar refractivity (Wildman–Crippen MR) is 101 cm³/mol. The number of ether oxygens (including phenoxy) is 1. The molecule has 0 fully saturated rings. The van der Waals surface area contributed by atoms with Gasteiger partial charge in [-0.15, -0.1) is 0 Å². The van der Waals surface area contributed by atoms with Crippen LogP contribution in [0.1, 0.15) is 38.7 Å². The highest BCUT2D eigenvalue weighted by Crippen LogP contribution is 2.35. The molecule has 3 atom stereocenters. The highest BCUT2D eigenvalue weighted by molar-refractivity contribution is 5.85. The maximum Gasteiger partial charge on any atom is 0.243 e. The first-order valence-corrected chi connectivity index (χ1v) is 8.91. The fourth-order valence-electron chi connectivity index (χ4n) is 2.67. The van der Waals surface area contributed by atoms with E-state index < -0.39 is 0 Å². The molecule has 0 aliphatic carbocycles. The van der Waals surface area contributed by atoms with Gasteiger partial charge in [-0.25, -0.2) is 4.99 Å². The van der Waals surface area contributed by atoms with Crippen LogP contribution in [0.3, 0.4) is 0 Å². The van der Waals surface area contributed by atoms with Crippen LogP contribution in [0.2, 0.25) is 0 Å². The third kappa shape index (κ3) is 5.11. The van der Waals surface area contributed by atoms with Gasteiger partial charge in [0.1, 0.15) is 12.3 Å². The first-order valence-electron chi connectivity index (χ1n) is 8.91. The number of nitrogens with zero attached hydrogens (tertiary/aromatic N) is 2. The van der Waals surface area contributed by atoms with Crippen molar-refractivity contribution in [2.45, 2.75) is 45.2 Å². The highest BCUT2D eigenvalue weighted by atomic mass is 16.5. The number of nitrogens with one attached hydrogen (secondary N) is 2. The smallest absolute Gasteiger partial charge is 0.243 e. The van der Waals surface area contributed by atoms with Gasteiger partial charge in [0.15, 0.2) is 5.96 Å². The van der Waals surface area contributed by atoms with Gasteiger partial charge in [-0.3, -0.25) is 4.79 Å². The van der Waals surface area contributed by atoms with E-state index in [9.17, 15) is 4.79 Å². The van der Waals surface area contributed by atoms with Crippen molar-refractivity contribution in [1.29, 1.82) is 0 Å². The van der Waals surface area contributed by atoms with Crippen molar-refractivity contribution in [1.82, 2.24) is 15.5 Å². The van der Waals surface area contributed by atoms with Crippen molar-refractivity contribution < 1.29 is 9.53 Å². The average Bonchev–Trinajstić information content (AvgIpc) is 3.03. The van der Waals surface area contributed by atoms with E-state index in [1.165, 1.54) is 5.56 Å². The molecule has 1 aromatic rings. The Kier molecular flexibility index (Phi) is 6.67. The Bertz CT molecular complexity index is 615. The number of likely N-dealkylation sites (N-methyl/N-ethyl adjacent to an activating group) is 1. The van der Waals surface area contributed by atoms with Crippen molar-refractivity contribution in [2.24, 2.45) is 4.99 Å². The van der Waals surface area contributed by atoms with Gasteiger partial charge in [-0.1, -0.05) is 25.1 Å². The van der Waals surface area contributed by atoms with Gasteiger partial charge in [-0.2, -0.15) is 0 Å². The Morgan fingerprint density at radius 1 is 1.32 bits per heavy atom. The highest BCUT2D eigenvalue weighted by Gasteiger charge is 2.29. The number of aliphatic imine (C=N–C) groups is 1. The zero-order valence-corrected chi connectivity index (χ0v) is 15.9. The molecule has 1 aromatic carbocycles. The summed E-state index contributed by atoms with van der Waals surface area (Å²) in [5.41, 5.74) is 1.22. The van der Waals surface area contributed by atoms with Gasteiger partial charge >= 0.3 is 0 Å². The maximum absolute atomic E-state index is 11.9. The predicted octanol–water partition coefficient (Wildman–Crippen LogP) is 1.97. The SMILES string of the molecule is CCC(C)NC(=NCC(=O)N(C)C)NC(C)C1COc2ccccc21. The summed E-state index contributed by atoms with van der Waals surface area (Å²) in [6.07, 6.45) is 0.978. The third-order valence-electron chi connectivity index (χ3n) is 4.57. The van der Waals surface area contributed by atoms with Gasteiger partial charge in [0.25, 0.3) is 0 Å². The van der Waals surface area contributed by atoms with E-state index in [1.54, 1.807) is 19.0 Å². The molecule has 3 unspecified atom stereocenters. The lowest BCUT2D eigenvalue weighted by Crippen LogP contribution is -2.48. The summed E-state index contributed by atoms with van der Waals surface area (Å²) in [6, 6.07) is 8.55.